The van der Waals surface area contributed by atoms with Crippen LogP contribution in [0.1, 0.15) is 19.3 Å². The summed E-state index contributed by atoms with van der Waals surface area (Å²) < 4.78 is 1.84. The monoisotopic (exact) mass is 236 g/mol. The second-order valence-corrected chi connectivity index (χ2v) is 4.80. The van der Waals surface area contributed by atoms with Gasteiger partial charge in [0.05, 0.1) is 6.54 Å². The van der Waals surface area contributed by atoms with Crippen molar-refractivity contribution in [2.45, 2.75) is 31.8 Å². The van der Waals surface area contributed by atoms with Crippen molar-refractivity contribution in [2.75, 3.05) is 13.6 Å². The fourth-order valence-corrected chi connectivity index (χ4v) is 2.35. The van der Waals surface area contributed by atoms with Crippen LogP contribution in [0.3, 0.4) is 0 Å². The average molecular weight is 236 g/mol. The third kappa shape index (κ3) is 3.06. The fourth-order valence-electron chi connectivity index (χ4n) is 2.35. The van der Waals surface area contributed by atoms with Crippen molar-refractivity contribution in [2.24, 2.45) is 11.7 Å². The number of nitrogens with two attached hydrogens (primary N) is 1. The quantitative estimate of drug-likeness (QED) is 0.826. The van der Waals surface area contributed by atoms with E-state index in [0.29, 0.717) is 6.54 Å². The highest BCUT2D eigenvalue weighted by Crippen LogP contribution is 2.25. The maximum absolute atomic E-state index is 12.1. The van der Waals surface area contributed by atoms with Crippen LogP contribution >= 0.6 is 0 Å². The minimum atomic E-state index is 0.132. The van der Waals surface area contributed by atoms with Crippen molar-refractivity contribution >= 4 is 5.91 Å². The molecule has 2 rings (SSSR count). The summed E-state index contributed by atoms with van der Waals surface area (Å²) in [6.45, 7) is 1.44. The number of rotatable bonds is 4. The van der Waals surface area contributed by atoms with Gasteiger partial charge in [-0.05, 0) is 25.3 Å². The predicted octanol–water partition coefficient (Wildman–Crippen LogP) is 0.469. The number of carbonyl (C=O) groups excluding carboxylic acids is 1. The molecule has 1 aliphatic rings. The molecule has 94 valence electrons. The van der Waals surface area contributed by atoms with E-state index in [2.05, 4.69) is 5.10 Å². The summed E-state index contributed by atoms with van der Waals surface area (Å²) in [6.07, 6.45) is 6.40. The molecule has 2 N–H and O–H groups in total. The van der Waals surface area contributed by atoms with E-state index in [0.717, 1.165) is 25.8 Å². The van der Waals surface area contributed by atoms with Crippen LogP contribution in [0.15, 0.2) is 18.5 Å². The van der Waals surface area contributed by atoms with Crippen LogP contribution in [-0.4, -0.2) is 40.2 Å². The largest absolute Gasteiger partial charge is 0.344 e. The van der Waals surface area contributed by atoms with Crippen LogP contribution in [0.25, 0.3) is 0 Å². The lowest BCUT2D eigenvalue weighted by Crippen LogP contribution is -2.35. The molecule has 17 heavy (non-hydrogen) atoms. The van der Waals surface area contributed by atoms with Crippen molar-refractivity contribution in [3.8, 4) is 0 Å². The molecule has 0 saturated heterocycles. The molecule has 0 spiro atoms. The molecule has 1 fully saturated rings. The van der Waals surface area contributed by atoms with Gasteiger partial charge in [-0.3, -0.25) is 9.48 Å². The Morgan fingerprint density at radius 2 is 2.41 bits per heavy atom. The van der Waals surface area contributed by atoms with E-state index >= 15 is 0 Å². The fraction of sp³-hybridized carbons (Fsp3) is 0.667. The van der Waals surface area contributed by atoms with E-state index in [1.807, 2.05) is 24.0 Å². The first kappa shape index (κ1) is 12.1. The Balaban J connectivity index is 1.79. The third-order valence-electron chi connectivity index (χ3n) is 3.42. The topological polar surface area (TPSA) is 64.2 Å². The molecule has 1 aliphatic carbocycles. The summed E-state index contributed by atoms with van der Waals surface area (Å²) in [5, 5.41) is 4.12. The lowest BCUT2D eigenvalue weighted by molar-refractivity contribution is -0.134. The van der Waals surface area contributed by atoms with Crippen molar-refractivity contribution in [1.29, 1.82) is 0 Å². The number of carbonyl (C=O) groups is 1. The first-order valence-corrected chi connectivity index (χ1v) is 6.15. The van der Waals surface area contributed by atoms with Crippen LogP contribution in [0.2, 0.25) is 0 Å². The summed E-state index contributed by atoms with van der Waals surface area (Å²) in [4.78, 5) is 13.9. The van der Waals surface area contributed by atoms with E-state index in [-0.39, 0.29) is 17.9 Å². The third-order valence-corrected chi connectivity index (χ3v) is 3.42. The van der Waals surface area contributed by atoms with Gasteiger partial charge in [-0.25, -0.2) is 0 Å². The number of hydrogen-bond donors (Lipinski definition) is 1. The van der Waals surface area contributed by atoms with Gasteiger partial charge in [0.2, 0.25) is 5.91 Å². The van der Waals surface area contributed by atoms with Crippen LogP contribution in [-0.2, 0) is 11.3 Å². The van der Waals surface area contributed by atoms with E-state index in [9.17, 15) is 4.79 Å². The lowest BCUT2D eigenvalue weighted by atomic mass is 10.1. The molecule has 0 aliphatic heterocycles. The van der Waals surface area contributed by atoms with Crippen molar-refractivity contribution in [3.05, 3.63) is 18.5 Å². The molecule has 1 aromatic heterocycles. The van der Waals surface area contributed by atoms with Gasteiger partial charge in [0.1, 0.15) is 0 Å². The summed E-state index contributed by atoms with van der Waals surface area (Å²) >= 11 is 0. The molecule has 2 unspecified atom stereocenters. The van der Waals surface area contributed by atoms with Gasteiger partial charge < -0.3 is 10.6 Å². The molecule has 1 amide bonds. The Morgan fingerprint density at radius 1 is 1.59 bits per heavy atom. The highest BCUT2D eigenvalue weighted by Gasteiger charge is 2.29. The SMILES string of the molecule is CN(CCn1cccn1)C(=O)C1CCC(N)C1. The van der Waals surface area contributed by atoms with Gasteiger partial charge in [0.15, 0.2) is 0 Å². The standard InChI is InChI=1S/C12H20N4O/c1-15(7-8-16-6-2-5-14-16)12(17)10-3-4-11(13)9-10/h2,5-6,10-11H,3-4,7-9,13H2,1H3. The van der Waals surface area contributed by atoms with E-state index in [1.54, 1.807) is 11.1 Å². The number of aromatic nitrogens is 2. The van der Waals surface area contributed by atoms with Crippen LogP contribution < -0.4 is 5.73 Å². The molecule has 5 nitrogen and oxygen atoms in total. The van der Waals surface area contributed by atoms with Crippen molar-refractivity contribution < 1.29 is 4.79 Å². The van der Waals surface area contributed by atoms with Crippen LogP contribution in [0.5, 0.6) is 0 Å². The summed E-state index contributed by atoms with van der Waals surface area (Å²) in [5.41, 5.74) is 5.83. The number of hydrogen-bond acceptors (Lipinski definition) is 3. The summed E-state index contributed by atoms with van der Waals surface area (Å²) in [7, 11) is 1.86. The highest BCUT2D eigenvalue weighted by molar-refractivity contribution is 5.78. The smallest absolute Gasteiger partial charge is 0.225 e. The Kier molecular flexibility index (Phi) is 3.78. The number of likely N-dealkylation sites (N-methyl/N-ethyl adjacent to an activating group) is 1. The summed E-state index contributed by atoms with van der Waals surface area (Å²) in [5.74, 6) is 0.359. The van der Waals surface area contributed by atoms with Crippen molar-refractivity contribution in [1.82, 2.24) is 14.7 Å². The average Bonchev–Trinajstić information content (AvgIpc) is 2.95. The van der Waals surface area contributed by atoms with Gasteiger partial charge in [0, 0.05) is 37.9 Å². The Labute approximate surface area is 102 Å². The normalized spacial score (nSPS) is 23.9. The van der Waals surface area contributed by atoms with E-state index in [4.69, 9.17) is 5.73 Å². The highest BCUT2D eigenvalue weighted by atomic mass is 16.2. The van der Waals surface area contributed by atoms with Crippen LogP contribution in [0.4, 0.5) is 0 Å². The van der Waals surface area contributed by atoms with Gasteiger partial charge >= 0.3 is 0 Å². The Hall–Kier alpha value is -1.36. The molecule has 0 radical (unpaired) electrons. The maximum Gasteiger partial charge on any atom is 0.225 e. The molecular weight excluding hydrogens is 216 g/mol. The first-order chi connectivity index (χ1) is 8.16. The van der Waals surface area contributed by atoms with Gasteiger partial charge in [0.25, 0.3) is 0 Å². The Bertz CT molecular complexity index is 363. The van der Waals surface area contributed by atoms with E-state index in [1.165, 1.54) is 0 Å². The maximum atomic E-state index is 12.1. The molecule has 5 heteroatoms. The molecule has 1 heterocycles. The Morgan fingerprint density at radius 3 is 3.00 bits per heavy atom. The number of nitrogens with zero attached hydrogens (tertiary/aromatic N) is 3. The first-order valence-electron chi connectivity index (χ1n) is 6.15. The van der Waals surface area contributed by atoms with Crippen molar-refractivity contribution in [3.63, 3.8) is 0 Å². The zero-order valence-electron chi connectivity index (χ0n) is 10.2. The molecule has 2 atom stereocenters. The van der Waals surface area contributed by atoms with Crippen LogP contribution in [0, 0.1) is 5.92 Å². The van der Waals surface area contributed by atoms with Gasteiger partial charge in [-0.2, -0.15) is 5.10 Å². The minimum absolute atomic E-state index is 0.132. The predicted molar refractivity (Wildman–Crippen MR) is 65.2 cm³/mol. The molecule has 1 saturated carbocycles. The molecule has 1 aromatic rings. The zero-order valence-corrected chi connectivity index (χ0v) is 10.2. The summed E-state index contributed by atoms with van der Waals surface area (Å²) in [6, 6.07) is 2.10. The molecular formula is C12H20N4O. The molecule has 0 aromatic carbocycles. The van der Waals surface area contributed by atoms with Gasteiger partial charge in [-0.1, -0.05) is 0 Å². The number of amides is 1. The van der Waals surface area contributed by atoms with E-state index < -0.39 is 0 Å². The second-order valence-electron chi connectivity index (χ2n) is 4.80. The van der Waals surface area contributed by atoms with Gasteiger partial charge in [-0.15, -0.1) is 0 Å². The zero-order chi connectivity index (χ0) is 12.3. The lowest BCUT2D eigenvalue weighted by Gasteiger charge is -2.21. The minimum Gasteiger partial charge on any atom is -0.344 e. The second kappa shape index (κ2) is 5.31. The molecule has 0 bridgehead atoms.